The summed E-state index contributed by atoms with van der Waals surface area (Å²) in [6.07, 6.45) is 7.33. The quantitative estimate of drug-likeness (QED) is 0.616. The minimum atomic E-state index is -0.910. The SMILES string of the molecule is COc1ccc2c3c1O[C@H]1C(OC)(OC)C=CC4=C[C@@H]2[N+](C)(C)CC[C@]431. The van der Waals surface area contributed by atoms with Crippen molar-refractivity contribution < 1.29 is 23.4 Å². The van der Waals surface area contributed by atoms with Crippen LogP contribution in [0.5, 0.6) is 11.5 Å². The minimum absolute atomic E-state index is 0.261. The molecule has 0 amide bonds. The van der Waals surface area contributed by atoms with Crippen LogP contribution in [-0.2, 0) is 14.9 Å². The zero-order valence-electron chi connectivity index (χ0n) is 16.0. The number of benzene rings is 1. The molecule has 1 aromatic carbocycles. The summed E-state index contributed by atoms with van der Waals surface area (Å²) < 4.78 is 25.0. The van der Waals surface area contributed by atoms with Crippen molar-refractivity contribution in [3.63, 3.8) is 0 Å². The van der Waals surface area contributed by atoms with E-state index in [1.807, 2.05) is 12.1 Å². The lowest BCUT2D eigenvalue weighted by Crippen LogP contribution is -2.59. The fraction of sp³-hybridized carbons (Fsp3) is 0.524. The summed E-state index contributed by atoms with van der Waals surface area (Å²) >= 11 is 0. The minimum Gasteiger partial charge on any atom is -0.493 e. The van der Waals surface area contributed by atoms with E-state index < -0.39 is 5.79 Å². The van der Waals surface area contributed by atoms with Gasteiger partial charge in [0.25, 0.3) is 0 Å². The van der Waals surface area contributed by atoms with Crippen molar-refractivity contribution in [2.45, 2.75) is 29.8 Å². The highest BCUT2D eigenvalue weighted by atomic mass is 16.7. The molecular formula is C21H26NO4+. The second-order valence-corrected chi connectivity index (χ2v) is 8.31. The Morgan fingerprint density at radius 2 is 1.92 bits per heavy atom. The average molecular weight is 356 g/mol. The average Bonchev–Trinajstić information content (AvgIpc) is 2.92. The van der Waals surface area contributed by atoms with Crippen LogP contribution in [0.2, 0.25) is 0 Å². The molecular weight excluding hydrogens is 330 g/mol. The third kappa shape index (κ3) is 1.63. The van der Waals surface area contributed by atoms with Crippen molar-refractivity contribution in [2.24, 2.45) is 0 Å². The van der Waals surface area contributed by atoms with Crippen LogP contribution in [0, 0.1) is 0 Å². The topological polar surface area (TPSA) is 36.9 Å². The summed E-state index contributed by atoms with van der Waals surface area (Å²) in [4.78, 5) is 0. The van der Waals surface area contributed by atoms with E-state index in [2.05, 4.69) is 32.3 Å². The van der Waals surface area contributed by atoms with Crippen molar-refractivity contribution in [1.29, 1.82) is 0 Å². The molecule has 1 spiro atoms. The monoisotopic (exact) mass is 356 g/mol. The van der Waals surface area contributed by atoms with Gasteiger partial charge in [0.1, 0.15) is 6.04 Å². The molecule has 1 aromatic rings. The maximum atomic E-state index is 6.59. The van der Waals surface area contributed by atoms with Gasteiger partial charge in [0.15, 0.2) is 17.6 Å². The molecule has 0 fully saturated rings. The molecule has 3 heterocycles. The molecule has 6 rings (SSSR count). The molecule has 0 unspecified atom stereocenters. The lowest BCUT2D eigenvalue weighted by molar-refractivity contribution is -0.913. The van der Waals surface area contributed by atoms with Crippen molar-refractivity contribution in [3.8, 4) is 11.5 Å². The summed E-state index contributed by atoms with van der Waals surface area (Å²) in [5.41, 5.74) is 3.67. The molecule has 0 aromatic heterocycles. The van der Waals surface area contributed by atoms with Crippen LogP contribution in [-0.4, -0.2) is 58.3 Å². The first-order valence-electron chi connectivity index (χ1n) is 9.16. The Hall–Kier alpha value is -1.82. The molecule has 5 nitrogen and oxygen atoms in total. The third-order valence-corrected chi connectivity index (χ3v) is 7.01. The standard InChI is InChI=1S/C21H26NO4/c1-22(2)11-10-20-13-8-9-21(24-4,25-5)19(20)26-18-16(23-3)7-6-14(17(18)20)15(22)12-13/h6-9,12,15,19H,10-11H2,1-5H3/q+1/t15-,19+,20-/m0/s1. The van der Waals surface area contributed by atoms with Crippen molar-refractivity contribution in [2.75, 3.05) is 42.0 Å². The smallest absolute Gasteiger partial charge is 0.227 e. The van der Waals surface area contributed by atoms with Crippen molar-refractivity contribution in [1.82, 2.24) is 0 Å². The van der Waals surface area contributed by atoms with Gasteiger partial charge in [-0.2, -0.15) is 0 Å². The number of quaternary nitrogens is 1. The van der Waals surface area contributed by atoms with Crippen molar-refractivity contribution >= 4 is 0 Å². The highest BCUT2D eigenvalue weighted by Gasteiger charge is 2.67. The van der Waals surface area contributed by atoms with Crippen molar-refractivity contribution in [3.05, 3.63) is 47.1 Å². The Morgan fingerprint density at radius 1 is 1.15 bits per heavy atom. The van der Waals surface area contributed by atoms with Gasteiger partial charge in [-0.05, 0) is 29.9 Å². The van der Waals surface area contributed by atoms with Gasteiger partial charge >= 0.3 is 0 Å². The number of allylic oxidation sites excluding steroid dienone is 1. The molecule has 26 heavy (non-hydrogen) atoms. The maximum Gasteiger partial charge on any atom is 0.227 e. The summed E-state index contributed by atoms with van der Waals surface area (Å²) in [6.45, 7) is 1.05. The number of rotatable bonds is 3. The largest absolute Gasteiger partial charge is 0.493 e. The number of fused-ring (bicyclic) bond motifs is 2. The zero-order valence-corrected chi connectivity index (χ0v) is 16.0. The maximum absolute atomic E-state index is 6.59. The van der Waals surface area contributed by atoms with Gasteiger partial charge < -0.3 is 23.4 Å². The van der Waals surface area contributed by atoms with Crippen LogP contribution >= 0.6 is 0 Å². The predicted octanol–water partition coefficient (Wildman–Crippen LogP) is 2.71. The Morgan fingerprint density at radius 3 is 2.62 bits per heavy atom. The molecule has 3 aliphatic heterocycles. The van der Waals surface area contributed by atoms with Gasteiger partial charge in [0, 0.05) is 31.8 Å². The number of likely N-dealkylation sites (N-methyl/N-ethyl adjacent to an activating group) is 1. The van der Waals surface area contributed by atoms with Gasteiger partial charge in [0.2, 0.25) is 5.79 Å². The molecule has 0 saturated carbocycles. The highest BCUT2D eigenvalue weighted by molar-refractivity contribution is 5.68. The van der Waals surface area contributed by atoms with E-state index in [9.17, 15) is 0 Å². The first-order valence-corrected chi connectivity index (χ1v) is 9.16. The van der Waals surface area contributed by atoms with E-state index in [0.29, 0.717) is 6.04 Å². The van der Waals surface area contributed by atoms with Crippen LogP contribution in [0.25, 0.3) is 0 Å². The Kier molecular flexibility index (Phi) is 3.09. The summed E-state index contributed by atoms with van der Waals surface area (Å²) in [5, 5.41) is 0. The fourth-order valence-corrected chi connectivity index (χ4v) is 5.56. The van der Waals surface area contributed by atoms with E-state index in [4.69, 9.17) is 18.9 Å². The molecule has 5 heteroatoms. The van der Waals surface area contributed by atoms with Crippen LogP contribution < -0.4 is 9.47 Å². The van der Waals surface area contributed by atoms with E-state index >= 15 is 0 Å². The fourth-order valence-electron chi connectivity index (χ4n) is 5.56. The second-order valence-electron chi connectivity index (χ2n) is 8.31. The number of hydrogen-bond acceptors (Lipinski definition) is 4. The molecule has 138 valence electrons. The molecule has 0 radical (unpaired) electrons. The van der Waals surface area contributed by atoms with Crippen LogP contribution in [0.4, 0.5) is 0 Å². The highest BCUT2D eigenvalue weighted by Crippen LogP contribution is 2.65. The van der Waals surface area contributed by atoms with Gasteiger partial charge in [-0.15, -0.1) is 0 Å². The van der Waals surface area contributed by atoms with Crippen LogP contribution in [0.15, 0.2) is 35.9 Å². The summed E-state index contributed by atoms with van der Waals surface area (Å²) in [6, 6.07) is 4.56. The summed E-state index contributed by atoms with van der Waals surface area (Å²) in [5.74, 6) is 0.730. The molecule has 2 bridgehead atoms. The molecule has 3 atom stereocenters. The number of hydrogen-bond donors (Lipinski definition) is 0. The van der Waals surface area contributed by atoms with E-state index in [1.165, 1.54) is 16.7 Å². The number of methoxy groups -OCH3 is 3. The zero-order chi connectivity index (χ0) is 18.3. The van der Waals surface area contributed by atoms with E-state index in [-0.39, 0.29) is 11.5 Å². The van der Waals surface area contributed by atoms with Crippen LogP contribution in [0.3, 0.4) is 0 Å². The first-order chi connectivity index (χ1) is 12.4. The van der Waals surface area contributed by atoms with Gasteiger partial charge in [-0.1, -0.05) is 6.08 Å². The molecule has 0 saturated heterocycles. The van der Waals surface area contributed by atoms with Gasteiger partial charge in [-0.25, -0.2) is 0 Å². The number of ether oxygens (including phenoxy) is 4. The normalized spacial score (nSPS) is 34.0. The number of nitrogens with zero attached hydrogens (tertiary/aromatic N) is 1. The first kappa shape index (κ1) is 16.4. The second kappa shape index (κ2) is 4.91. The molecule has 2 aliphatic carbocycles. The Balaban J connectivity index is 1.87. The predicted molar refractivity (Wildman–Crippen MR) is 97.4 cm³/mol. The lowest BCUT2D eigenvalue weighted by atomic mass is 9.60. The molecule has 0 N–H and O–H groups in total. The Bertz CT molecular complexity index is 852. The van der Waals surface area contributed by atoms with Crippen LogP contribution in [0.1, 0.15) is 23.6 Å². The van der Waals surface area contributed by atoms with Gasteiger partial charge in [-0.3, -0.25) is 0 Å². The Labute approximate surface area is 154 Å². The molecule has 5 aliphatic rings. The summed E-state index contributed by atoms with van der Waals surface area (Å²) in [7, 11) is 9.70. The van der Waals surface area contributed by atoms with E-state index in [1.54, 1.807) is 21.3 Å². The van der Waals surface area contributed by atoms with E-state index in [0.717, 1.165) is 28.9 Å². The third-order valence-electron chi connectivity index (χ3n) is 7.01. The lowest BCUT2D eigenvalue weighted by Gasteiger charge is -2.46. The van der Waals surface area contributed by atoms with Gasteiger partial charge in [0.05, 0.1) is 33.2 Å².